The number of hydrogen-bond donors (Lipinski definition) is 2. The van der Waals surface area contributed by atoms with Crippen LogP contribution in [0.5, 0.6) is 0 Å². The van der Waals surface area contributed by atoms with Crippen LogP contribution in [-0.4, -0.2) is 28.1 Å². The molecule has 0 unspecified atom stereocenters. The fourth-order valence-corrected chi connectivity index (χ4v) is 10.4. The van der Waals surface area contributed by atoms with Gasteiger partial charge in [0.1, 0.15) is 0 Å². The monoisotopic (exact) mass is 470 g/mol. The van der Waals surface area contributed by atoms with Crippen LogP contribution < -0.4 is 0 Å². The van der Waals surface area contributed by atoms with E-state index in [0.29, 0.717) is 12.3 Å². The number of ketones is 1. The van der Waals surface area contributed by atoms with Crippen LogP contribution in [0.25, 0.3) is 0 Å². The average molecular weight is 471 g/mol. The fourth-order valence-electron chi connectivity index (χ4n) is 10.4. The van der Waals surface area contributed by atoms with Crippen LogP contribution in [0.2, 0.25) is 0 Å². The van der Waals surface area contributed by atoms with E-state index < -0.39 is 11.4 Å². The fraction of sp³-hybridized carbons (Fsp3) is 0.867. The van der Waals surface area contributed by atoms with Gasteiger partial charge in [0, 0.05) is 5.92 Å². The summed E-state index contributed by atoms with van der Waals surface area (Å²) in [7, 11) is 0. The molecule has 0 aromatic carbocycles. The second-order valence-corrected chi connectivity index (χ2v) is 14.9. The first kappa shape index (κ1) is 24.5. The maximum atomic E-state index is 14.2. The van der Waals surface area contributed by atoms with Gasteiger partial charge in [0.2, 0.25) is 0 Å². The number of hydrogen-bond acceptors (Lipinski definition) is 3. The predicted molar refractivity (Wildman–Crippen MR) is 133 cm³/mol. The predicted octanol–water partition coefficient (Wildman–Crippen LogP) is 6.41. The molecule has 0 bridgehead atoms. The van der Waals surface area contributed by atoms with Gasteiger partial charge in [-0.05, 0) is 110 Å². The molecule has 0 aromatic rings. The number of aliphatic hydroxyl groups is 1. The quantitative estimate of drug-likeness (QED) is 0.464. The summed E-state index contributed by atoms with van der Waals surface area (Å²) in [6.07, 6.45) is 9.95. The van der Waals surface area contributed by atoms with Crippen molar-refractivity contribution in [3.05, 3.63) is 11.6 Å². The molecule has 5 rings (SSSR count). The van der Waals surface area contributed by atoms with E-state index in [2.05, 4.69) is 41.5 Å². The highest BCUT2D eigenvalue weighted by Gasteiger charge is 2.70. The van der Waals surface area contributed by atoms with Crippen molar-refractivity contribution in [3.63, 3.8) is 0 Å². The molecule has 0 spiro atoms. The molecule has 0 aromatic heterocycles. The molecule has 0 amide bonds. The first-order valence-electron chi connectivity index (χ1n) is 13.7. The molecule has 0 radical (unpaired) electrons. The molecule has 0 heterocycles. The zero-order valence-corrected chi connectivity index (χ0v) is 22.5. The number of rotatable bonds is 1. The molecule has 190 valence electrons. The van der Waals surface area contributed by atoms with Crippen LogP contribution in [0.3, 0.4) is 0 Å². The van der Waals surface area contributed by atoms with Gasteiger partial charge < -0.3 is 10.2 Å². The van der Waals surface area contributed by atoms with Crippen LogP contribution >= 0.6 is 0 Å². The number of carboxylic acid groups (broad SMARTS) is 1. The molecule has 9 atom stereocenters. The van der Waals surface area contributed by atoms with Gasteiger partial charge >= 0.3 is 5.97 Å². The molecular formula is C30H46O4. The Balaban J connectivity index is 1.62. The van der Waals surface area contributed by atoms with Gasteiger partial charge in [-0.2, -0.15) is 0 Å². The molecule has 4 fully saturated rings. The highest BCUT2D eigenvalue weighted by molar-refractivity contribution is 5.95. The van der Waals surface area contributed by atoms with Gasteiger partial charge in [0.25, 0.3) is 0 Å². The summed E-state index contributed by atoms with van der Waals surface area (Å²) in [6, 6.07) is 0. The van der Waals surface area contributed by atoms with Crippen molar-refractivity contribution < 1.29 is 19.8 Å². The van der Waals surface area contributed by atoms with Crippen molar-refractivity contribution in [1.82, 2.24) is 0 Å². The minimum Gasteiger partial charge on any atom is -0.481 e. The van der Waals surface area contributed by atoms with Crippen molar-refractivity contribution in [3.8, 4) is 0 Å². The SMILES string of the molecule is CC1(C)[C@H]2CC[C@@]3(C)[C@H](C(=O)C=C4[C@@H]5C[C@@](C)(C(=O)O)CC[C@]5(C)CC[C@]43C)[C@@]2(C)CC[C@@H]1O. The standard InChI is InChI=1S/C30H46O4/c1-25(2)21-8-11-30(7)23(28(21,5)10-9-22(25)32)20(31)16-18-19-17-27(4,24(33)34)13-12-26(19,3)14-15-29(18,30)6/h16,19,21-23,32H,8-15,17H2,1-7H3,(H,33,34)/t19-,21+,22-,23+,26+,27-,28-,29+,30-/m0/s1. The third-order valence-electron chi connectivity index (χ3n) is 13.1. The summed E-state index contributed by atoms with van der Waals surface area (Å²) in [5.74, 6) is 0.0603. The Hall–Kier alpha value is -1.16. The average Bonchev–Trinajstić information content (AvgIpc) is 2.73. The zero-order chi connectivity index (χ0) is 25.1. The molecule has 5 aliphatic rings. The first-order chi connectivity index (χ1) is 15.6. The number of carbonyl (C=O) groups is 2. The van der Waals surface area contributed by atoms with Crippen LogP contribution in [0.15, 0.2) is 11.6 Å². The van der Waals surface area contributed by atoms with E-state index in [4.69, 9.17) is 0 Å². The summed E-state index contributed by atoms with van der Waals surface area (Å²) in [5.41, 5.74) is 0.142. The Labute approximate surface area is 206 Å². The Bertz CT molecular complexity index is 965. The molecule has 5 aliphatic carbocycles. The van der Waals surface area contributed by atoms with Gasteiger partial charge in [0.05, 0.1) is 11.5 Å². The Kier molecular flexibility index (Phi) is 5.04. The number of aliphatic hydroxyl groups excluding tert-OH is 1. The van der Waals surface area contributed by atoms with E-state index >= 15 is 0 Å². The van der Waals surface area contributed by atoms with E-state index in [9.17, 15) is 19.8 Å². The van der Waals surface area contributed by atoms with Gasteiger partial charge in [0.15, 0.2) is 5.78 Å². The summed E-state index contributed by atoms with van der Waals surface area (Å²) in [4.78, 5) is 26.4. The highest BCUT2D eigenvalue weighted by atomic mass is 16.4. The Morgan fingerprint density at radius 1 is 0.912 bits per heavy atom. The third-order valence-corrected chi connectivity index (χ3v) is 13.1. The minimum absolute atomic E-state index is 0.0296. The Morgan fingerprint density at radius 3 is 2.21 bits per heavy atom. The van der Waals surface area contributed by atoms with Crippen molar-refractivity contribution in [2.24, 2.45) is 50.2 Å². The summed E-state index contributed by atoms with van der Waals surface area (Å²) in [5, 5.41) is 20.9. The van der Waals surface area contributed by atoms with Crippen molar-refractivity contribution in [2.75, 3.05) is 0 Å². The second-order valence-electron chi connectivity index (χ2n) is 14.9. The first-order valence-corrected chi connectivity index (χ1v) is 13.7. The number of carbonyl (C=O) groups excluding carboxylic acids is 1. The molecular weight excluding hydrogens is 424 g/mol. The molecule has 4 saturated carbocycles. The van der Waals surface area contributed by atoms with Crippen molar-refractivity contribution in [2.45, 2.75) is 112 Å². The van der Waals surface area contributed by atoms with Crippen LogP contribution in [0, 0.1) is 50.2 Å². The van der Waals surface area contributed by atoms with Gasteiger partial charge in [-0.1, -0.05) is 47.1 Å². The minimum atomic E-state index is -0.711. The number of allylic oxidation sites excluding steroid dienone is 2. The second kappa shape index (κ2) is 6.99. The molecule has 0 aliphatic heterocycles. The summed E-state index contributed by atoms with van der Waals surface area (Å²) >= 11 is 0. The lowest BCUT2D eigenvalue weighted by atomic mass is 9.33. The van der Waals surface area contributed by atoms with E-state index in [1.54, 1.807) is 0 Å². The molecule has 34 heavy (non-hydrogen) atoms. The lowest BCUT2D eigenvalue weighted by Crippen LogP contribution is -2.66. The zero-order valence-electron chi connectivity index (χ0n) is 22.5. The molecule has 4 nitrogen and oxygen atoms in total. The molecule has 2 N–H and O–H groups in total. The summed E-state index contributed by atoms with van der Waals surface area (Å²) < 4.78 is 0. The van der Waals surface area contributed by atoms with Crippen LogP contribution in [0.1, 0.15) is 106 Å². The number of fused-ring (bicyclic) bond motifs is 7. The Morgan fingerprint density at radius 2 is 1.56 bits per heavy atom. The third kappa shape index (κ3) is 2.81. The van der Waals surface area contributed by atoms with Gasteiger partial charge in [-0.3, -0.25) is 9.59 Å². The normalized spacial score (nSPS) is 54.1. The number of carboxylic acids is 1. The van der Waals surface area contributed by atoms with E-state index in [1.165, 1.54) is 5.57 Å². The van der Waals surface area contributed by atoms with E-state index in [1.807, 2.05) is 13.0 Å². The number of aliphatic carboxylic acids is 1. The molecule has 4 heteroatoms. The maximum absolute atomic E-state index is 14.2. The highest BCUT2D eigenvalue weighted by Crippen LogP contribution is 2.75. The van der Waals surface area contributed by atoms with E-state index in [-0.39, 0.29) is 50.8 Å². The topological polar surface area (TPSA) is 74.6 Å². The smallest absolute Gasteiger partial charge is 0.309 e. The van der Waals surface area contributed by atoms with Gasteiger partial charge in [-0.25, -0.2) is 0 Å². The lowest BCUT2D eigenvalue weighted by Gasteiger charge is -2.70. The van der Waals surface area contributed by atoms with Gasteiger partial charge in [-0.15, -0.1) is 0 Å². The van der Waals surface area contributed by atoms with E-state index in [0.717, 1.165) is 51.4 Å². The van der Waals surface area contributed by atoms with Crippen LogP contribution in [-0.2, 0) is 9.59 Å². The summed E-state index contributed by atoms with van der Waals surface area (Å²) in [6.45, 7) is 15.8. The molecule has 0 saturated heterocycles. The lowest BCUT2D eigenvalue weighted by molar-refractivity contribution is -0.202. The van der Waals surface area contributed by atoms with Crippen molar-refractivity contribution in [1.29, 1.82) is 0 Å². The van der Waals surface area contributed by atoms with Crippen LogP contribution in [0.4, 0.5) is 0 Å². The largest absolute Gasteiger partial charge is 0.481 e. The maximum Gasteiger partial charge on any atom is 0.309 e. The van der Waals surface area contributed by atoms with Crippen molar-refractivity contribution >= 4 is 11.8 Å².